The van der Waals surface area contributed by atoms with Crippen LogP contribution in [0.25, 0.3) is 0 Å². The SMILES string of the molecule is CC/C=C\C/C=C\C/C=C\CCCCCCCCC(=O)OC(COC(=O)CCCCCCC\C=C/C=C\C=C/CCCCCCC)COC(=O)CCCCCCCCCCCCCCCC. The molecule has 0 aromatic heterocycles. The molecule has 0 spiro atoms. The van der Waals surface area contributed by atoms with Crippen molar-refractivity contribution in [1.82, 2.24) is 0 Å². The van der Waals surface area contributed by atoms with E-state index in [-0.39, 0.29) is 31.1 Å². The fraction of sp³-hybridized carbons (Fsp3) is 0.750. The largest absolute Gasteiger partial charge is 0.462 e. The number of hydrogen-bond donors (Lipinski definition) is 0. The third-order valence-electron chi connectivity index (χ3n) is 12.0. The maximum atomic E-state index is 12.8. The zero-order valence-electron chi connectivity index (χ0n) is 43.4. The van der Waals surface area contributed by atoms with Crippen LogP contribution in [0.5, 0.6) is 0 Å². The van der Waals surface area contributed by atoms with Gasteiger partial charge in [0, 0.05) is 19.3 Å². The average Bonchev–Trinajstić information content (AvgIpc) is 3.31. The summed E-state index contributed by atoms with van der Waals surface area (Å²) in [4.78, 5) is 38.1. The Labute approximate surface area is 408 Å². The highest BCUT2D eigenvalue weighted by Crippen LogP contribution is 2.15. The minimum absolute atomic E-state index is 0.0857. The molecule has 66 heavy (non-hydrogen) atoms. The number of rotatable bonds is 50. The van der Waals surface area contributed by atoms with Crippen LogP contribution in [0.3, 0.4) is 0 Å². The van der Waals surface area contributed by atoms with Crippen LogP contribution >= 0.6 is 0 Å². The number of unbranched alkanes of at least 4 members (excludes halogenated alkanes) is 29. The summed E-state index contributed by atoms with van der Waals surface area (Å²) in [6.07, 6.45) is 68.8. The van der Waals surface area contributed by atoms with Gasteiger partial charge in [-0.2, -0.15) is 0 Å². The van der Waals surface area contributed by atoms with E-state index in [1.807, 2.05) is 0 Å². The van der Waals surface area contributed by atoms with E-state index in [1.165, 1.54) is 122 Å². The van der Waals surface area contributed by atoms with Gasteiger partial charge in [0.15, 0.2) is 6.10 Å². The molecule has 0 heterocycles. The minimum Gasteiger partial charge on any atom is -0.462 e. The third-order valence-corrected chi connectivity index (χ3v) is 12.0. The molecule has 0 saturated carbocycles. The van der Waals surface area contributed by atoms with Crippen molar-refractivity contribution < 1.29 is 28.6 Å². The topological polar surface area (TPSA) is 78.9 Å². The van der Waals surface area contributed by atoms with E-state index < -0.39 is 6.10 Å². The molecule has 0 amide bonds. The third kappa shape index (κ3) is 51.8. The van der Waals surface area contributed by atoms with Crippen molar-refractivity contribution in [3.63, 3.8) is 0 Å². The second-order valence-corrected chi connectivity index (χ2v) is 18.5. The van der Waals surface area contributed by atoms with Crippen molar-refractivity contribution in [2.24, 2.45) is 0 Å². The lowest BCUT2D eigenvalue weighted by Crippen LogP contribution is -2.30. The van der Waals surface area contributed by atoms with E-state index in [2.05, 4.69) is 93.7 Å². The Balaban J connectivity index is 4.43. The van der Waals surface area contributed by atoms with Crippen LogP contribution in [0.2, 0.25) is 0 Å². The highest BCUT2D eigenvalue weighted by molar-refractivity contribution is 5.71. The molecule has 1 unspecified atom stereocenters. The number of hydrogen-bond acceptors (Lipinski definition) is 6. The minimum atomic E-state index is -0.789. The van der Waals surface area contributed by atoms with E-state index in [4.69, 9.17) is 14.2 Å². The molecule has 6 nitrogen and oxygen atoms in total. The Morgan fingerprint density at radius 1 is 0.333 bits per heavy atom. The number of esters is 3. The highest BCUT2D eigenvalue weighted by Gasteiger charge is 2.19. The molecular formula is C60H104O6. The molecular weight excluding hydrogens is 817 g/mol. The van der Waals surface area contributed by atoms with Crippen LogP contribution in [0.4, 0.5) is 0 Å². The quantitative estimate of drug-likeness (QED) is 0.0199. The second-order valence-electron chi connectivity index (χ2n) is 18.5. The summed E-state index contributed by atoms with van der Waals surface area (Å²) in [5, 5.41) is 0. The molecule has 0 saturated heterocycles. The Morgan fingerprint density at radius 2 is 0.652 bits per heavy atom. The Morgan fingerprint density at radius 3 is 1.05 bits per heavy atom. The van der Waals surface area contributed by atoms with E-state index in [1.54, 1.807) is 0 Å². The maximum Gasteiger partial charge on any atom is 0.306 e. The zero-order valence-corrected chi connectivity index (χ0v) is 43.4. The molecule has 0 aliphatic carbocycles. The molecule has 0 bridgehead atoms. The van der Waals surface area contributed by atoms with Crippen LogP contribution in [-0.2, 0) is 28.6 Å². The van der Waals surface area contributed by atoms with E-state index in [0.717, 1.165) is 109 Å². The van der Waals surface area contributed by atoms with Gasteiger partial charge in [-0.1, -0.05) is 248 Å². The Bertz CT molecular complexity index is 1240. The molecule has 1 atom stereocenters. The van der Waals surface area contributed by atoms with Gasteiger partial charge >= 0.3 is 17.9 Å². The van der Waals surface area contributed by atoms with Crippen molar-refractivity contribution >= 4 is 17.9 Å². The second kappa shape index (κ2) is 54.5. The lowest BCUT2D eigenvalue weighted by Gasteiger charge is -2.18. The summed E-state index contributed by atoms with van der Waals surface area (Å²) in [6.45, 7) is 6.50. The summed E-state index contributed by atoms with van der Waals surface area (Å²) in [5.41, 5.74) is 0. The van der Waals surface area contributed by atoms with Gasteiger partial charge in [-0.15, -0.1) is 0 Å². The molecule has 0 aromatic carbocycles. The summed E-state index contributed by atoms with van der Waals surface area (Å²) in [6, 6.07) is 0. The number of carbonyl (C=O) groups is 3. The van der Waals surface area contributed by atoms with E-state index in [9.17, 15) is 14.4 Å². The summed E-state index contributed by atoms with van der Waals surface area (Å²) in [7, 11) is 0. The summed E-state index contributed by atoms with van der Waals surface area (Å²) < 4.78 is 16.8. The van der Waals surface area contributed by atoms with Crippen LogP contribution in [0.15, 0.2) is 72.9 Å². The lowest BCUT2D eigenvalue weighted by atomic mass is 10.0. The van der Waals surface area contributed by atoms with Gasteiger partial charge in [0.05, 0.1) is 0 Å². The molecule has 0 aliphatic rings. The molecule has 380 valence electrons. The van der Waals surface area contributed by atoms with Crippen LogP contribution in [-0.4, -0.2) is 37.2 Å². The molecule has 0 aromatic rings. The Hall–Kier alpha value is -3.15. The van der Waals surface area contributed by atoms with E-state index in [0.29, 0.717) is 19.3 Å². The van der Waals surface area contributed by atoms with Gasteiger partial charge in [0.25, 0.3) is 0 Å². The van der Waals surface area contributed by atoms with E-state index >= 15 is 0 Å². The van der Waals surface area contributed by atoms with Crippen molar-refractivity contribution in [2.75, 3.05) is 13.2 Å². The maximum absolute atomic E-state index is 12.8. The zero-order chi connectivity index (χ0) is 47.9. The first kappa shape index (κ1) is 62.8. The molecule has 0 N–H and O–H groups in total. The van der Waals surface area contributed by atoms with Gasteiger partial charge in [-0.3, -0.25) is 14.4 Å². The van der Waals surface area contributed by atoms with Gasteiger partial charge in [0.2, 0.25) is 0 Å². The first-order chi connectivity index (χ1) is 32.5. The van der Waals surface area contributed by atoms with Crippen molar-refractivity contribution in [3.05, 3.63) is 72.9 Å². The number of allylic oxidation sites excluding steroid dienone is 12. The smallest absolute Gasteiger partial charge is 0.306 e. The Kier molecular flexibility index (Phi) is 51.9. The number of ether oxygens (including phenoxy) is 3. The monoisotopic (exact) mass is 921 g/mol. The summed E-state index contributed by atoms with van der Waals surface area (Å²) >= 11 is 0. The van der Waals surface area contributed by atoms with Gasteiger partial charge in [0.1, 0.15) is 13.2 Å². The molecule has 0 aliphatic heterocycles. The van der Waals surface area contributed by atoms with Crippen molar-refractivity contribution in [2.45, 2.75) is 277 Å². The fourth-order valence-corrected chi connectivity index (χ4v) is 7.81. The number of carbonyl (C=O) groups excluding carboxylic acids is 3. The molecule has 6 heteroatoms. The van der Waals surface area contributed by atoms with Crippen molar-refractivity contribution in [3.8, 4) is 0 Å². The van der Waals surface area contributed by atoms with Crippen LogP contribution < -0.4 is 0 Å². The van der Waals surface area contributed by atoms with Gasteiger partial charge < -0.3 is 14.2 Å². The van der Waals surface area contributed by atoms with Crippen LogP contribution in [0, 0.1) is 0 Å². The summed E-state index contributed by atoms with van der Waals surface area (Å²) in [5.74, 6) is -0.911. The highest BCUT2D eigenvalue weighted by atomic mass is 16.6. The predicted molar refractivity (Wildman–Crippen MR) is 284 cm³/mol. The van der Waals surface area contributed by atoms with Gasteiger partial charge in [-0.05, 0) is 77.0 Å². The predicted octanol–water partition coefficient (Wildman–Crippen LogP) is 18.6. The standard InChI is InChI=1S/C60H104O6/c1-4-7-10-13-16-19-22-25-28-30-31-33-35-38-41-44-47-50-53-59(62)65-56-57(55-64-58(61)52-49-46-43-40-37-34-27-24-21-18-15-12-9-6-3)66-60(63)54-51-48-45-42-39-36-32-29-26-23-20-17-14-11-8-5-2/h8,11,17,20,22,25-26,28-31,33,57H,4-7,9-10,12-16,18-19,21,23-24,27,32,34-56H2,1-3H3/b11-8-,20-17-,25-22-,29-26-,30-28-,33-31-. The first-order valence-corrected chi connectivity index (χ1v) is 28.0. The first-order valence-electron chi connectivity index (χ1n) is 28.0. The van der Waals surface area contributed by atoms with Gasteiger partial charge in [-0.25, -0.2) is 0 Å². The fourth-order valence-electron chi connectivity index (χ4n) is 7.81. The molecule has 0 fully saturated rings. The molecule has 0 radical (unpaired) electrons. The van der Waals surface area contributed by atoms with Crippen LogP contribution in [0.1, 0.15) is 271 Å². The normalized spacial score (nSPS) is 12.6. The molecule has 0 rings (SSSR count). The lowest BCUT2D eigenvalue weighted by molar-refractivity contribution is -0.167. The average molecular weight is 921 g/mol. The van der Waals surface area contributed by atoms with Crippen molar-refractivity contribution in [1.29, 1.82) is 0 Å².